The molecule has 2 aromatic carbocycles. The second-order valence-electron chi connectivity index (χ2n) is 5.53. The van der Waals surface area contributed by atoms with Crippen molar-refractivity contribution in [3.8, 4) is 11.5 Å². The third kappa shape index (κ3) is 4.13. The number of benzene rings is 2. The van der Waals surface area contributed by atoms with Gasteiger partial charge in [0.15, 0.2) is 6.61 Å². The SMILES string of the molecule is Cc1ccc(-c2nc(COC(=O)c3ccc(S(N)(=O)=O)cc3)no2)cc1. The molecule has 26 heavy (non-hydrogen) atoms. The summed E-state index contributed by atoms with van der Waals surface area (Å²) in [6.45, 7) is 1.79. The lowest BCUT2D eigenvalue weighted by Gasteiger charge is -2.03. The second kappa shape index (κ2) is 7.06. The van der Waals surface area contributed by atoms with Crippen LogP contribution in [0.15, 0.2) is 57.9 Å². The predicted molar refractivity (Wildman–Crippen MR) is 91.4 cm³/mol. The Morgan fingerprint density at radius 3 is 2.38 bits per heavy atom. The maximum Gasteiger partial charge on any atom is 0.338 e. The topological polar surface area (TPSA) is 125 Å². The fourth-order valence-electron chi connectivity index (χ4n) is 2.12. The van der Waals surface area contributed by atoms with Gasteiger partial charge in [0.1, 0.15) is 0 Å². The summed E-state index contributed by atoms with van der Waals surface area (Å²) in [7, 11) is -3.81. The molecule has 8 nitrogen and oxygen atoms in total. The molecule has 0 aliphatic carbocycles. The van der Waals surface area contributed by atoms with E-state index in [1.54, 1.807) is 0 Å². The Balaban J connectivity index is 1.64. The van der Waals surface area contributed by atoms with Crippen LogP contribution in [0, 0.1) is 6.92 Å². The van der Waals surface area contributed by atoms with Gasteiger partial charge in [0.05, 0.1) is 10.5 Å². The molecule has 1 aromatic heterocycles. The normalized spacial score (nSPS) is 11.3. The standard InChI is InChI=1S/C17H15N3O5S/c1-11-2-4-12(5-3-11)16-19-15(20-25-16)10-24-17(21)13-6-8-14(9-7-13)26(18,22)23/h2-9H,10H2,1H3,(H2,18,22,23). The molecular weight excluding hydrogens is 358 g/mol. The van der Waals surface area contributed by atoms with Gasteiger partial charge in [0.25, 0.3) is 5.89 Å². The highest BCUT2D eigenvalue weighted by molar-refractivity contribution is 7.89. The van der Waals surface area contributed by atoms with Crippen LogP contribution >= 0.6 is 0 Å². The molecule has 2 N–H and O–H groups in total. The lowest BCUT2D eigenvalue weighted by Crippen LogP contribution is -2.12. The lowest BCUT2D eigenvalue weighted by atomic mass is 10.1. The molecule has 0 unspecified atom stereocenters. The summed E-state index contributed by atoms with van der Waals surface area (Å²) in [6.07, 6.45) is 0. The maximum atomic E-state index is 12.0. The van der Waals surface area contributed by atoms with E-state index in [4.69, 9.17) is 14.4 Å². The Bertz CT molecular complexity index is 1030. The number of carbonyl (C=O) groups is 1. The number of ether oxygens (including phenoxy) is 1. The molecule has 0 aliphatic rings. The summed E-state index contributed by atoms with van der Waals surface area (Å²) in [6, 6.07) is 12.6. The number of carbonyl (C=O) groups excluding carboxylic acids is 1. The minimum absolute atomic E-state index is 0.0880. The summed E-state index contributed by atoms with van der Waals surface area (Å²) in [5.41, 5.74) is 2.05. The van der Waals surface area contributed by atoms with Gasteiger partial charge in [-0.1, -0.05) is 22.9 Å². The number of nitrogens with zero attached hydrogens (tertiary/aromatic N) is 2. The van der Waals surface area contributed by atoms with Crippen molar-refractivity contribution in [1.82, 2.24) is 10.1 Å². The van der Waals surface area contributed by atoms with Gasteiger partial charge in [-0.15, -0.1) is 0 Å². The first kappa shape index (κ1) is 17.8. The van der Waals surface area contributed by atoms with Crippen LogP contribution in [0.4, 0.5) is 0 Å². The van der Waals surface area contributed by atoms with Crippen LogP contribution in [0.3, 0.4) is 0 Å². The van der Waals surface area contributed by atoms with E-state index in [2.05, 4.69) is 10.1 Å². The number of esters is 1. The fourth-order valence-corrected chi connectivity index (χ4v) is 2.64. The van der Waals surface area contributed by atoms with E-state index in [0.717, 1.165) is 11.1 Å². The van der Waals surface area contributed by atoms with Crippen LogP contribution in [0.25, 0.3) is 11.5 Å². The number of nitrogens with two attached hydrogens (primary N) is 1. The first-order chi connectivity index (χ1) is 12.3. The van der Waals surface area contributed by atoms with Gasteiger partial charge in [-0.2, -0.15) is 4.98 Å². The van der Waals surface area contributed by atoms with E-state index in [1.165, 1.54) is 24.3 Å². The van der Waals surface area contributed by atoms with Crippen molar-refractivity contribution < 1.29 is 22.5 Å². The molecule has 3 rings (SSSR count). The molecule has 0 saturated heterocycles. The van der Waals surface area contributed by atoms with Gasteiger partial charge < -0.3 is 9.26 Å². The molecule has 1 heterocycles. The summed E-state index contributed by atoms with van der Waals surface area (Å²) >= 11 is 0. The van der Waals surface area contributed by atoms with E-state index in [9.17, 15) is 13.2 Å². The van der Waals surface area contributed by atoms with Crippen LogP contribution in [0.2, 0.25) is 0 Å². The average molecular weight is 373 g/mol. The van der Waals surface area contributed by atoms with E-state index < -0.39 is 16.0 Å². The van der Waals surface area contributed by atoms with E-state index in [1.807, 2.05) is 31.2 Å². The smallest absolute Gasteiger partial charge is 0.338 e. The summed E-state index contributed by atoms with van der Waals surface area (Å²) in [4.78, 5) is 16.1. The molecule has 134 valence electrons. The number of hydrogen-bond donors (Lipinski definition) is 1. The highest BCUT2D eigenvalue weighted by Gasteiger charge is 2.14. The molecule has 0 amide bonds. The number of primary sulfonamides is 1. The number of aryl methyl sites for hydroxylation is 1. The van der Waals surface area contributed by atoms with Gasteiger partial charge in [-0.25, -0.2) is 18.4 Å². The third-order valence-corrected chi connectivity index (χ3v) is 4.45. The molecule has 0 saturated carbocycles. The molecule has 0 bridgehead atoms. The number of sulfonamides is 1. The summed E-state index contributed by atoms with van der Waals surface area (Å²) in [5, 5.41) is 8.77. The van der Waals surface area contributed by atoms with Crippen LogP contribution in [0.1, 0.15) is 21.7 Å². The summed E-state index contributed by atoms with van der Waals surface area (Å²) in [5.74, 6) is -0.101. The highest BCUT2D eigenvalue weighted by Crippen LogP contribution is 2.18. The molecule has 0 fully saturated rings. The van der Waals surface area contributed by atoms with Gasteiger partial charge in [0, 0.05) is 5.56 Å². The van der Waals surface area contributed by atoms with E-state index >= 15 is 0 Å². The second-order valence-corrected chi connectivity index (χ2v) is 7.09. The average Bonchev–Trinajstić information content (AvgIpc) is 3.08. The molecule has 0 aliphatic heterocycles. The number of aromatic nitrogens is 2. The van der Waals surface area contributed by atoms with Crippen molar-refractivity contribution in [2.24, 2.45) is 5.14 Å². The van der Waals surface area contributed by atoms with Crippen molar-refractivity contribution in [1.29, 1.82) is 0 Å². The maximum absolute atomic E-state index is 12.0. The summed E-state index contributed by atoms with van der Waals surface area (Å²) < 4.78 is 32.6. The first-order valence-corrected chi connectivity index (χ1v) is 9.07. The predicted octanol–water partition coefficient (Wildman–Crippen LogP) is 2.05. The van der Waals surface area contributed by atoms with Crippen molar-refractivity contribution in [3.05, 3.63) is 65.5 Å². The van der Waals surface area contributed by atoms with E-state index in [-0.39, 0.29) is 22.9 Å². The fraction of sp³-hybridized carbons (Fsp3) is 0.118. The lowest BCUT2D eigenvalue weighted by molar-refractivity contribution is 0.0459. The van der Waals surface area contributed by atoms with E-state index in [0.29, 0.717) is 5.89 Å². The Labute approximate surface area is 149 Å². The van der Waals surface area contributed by atoms with Crippen LogP contribution in [-0.2, 0) is 21.4 Å². The van der Waals surface area contributed by atoms with Crippen LogP contribution in [-0.4, -0.2) is 24.5 Å². The Morgan fingerprint density at radius 1 is 1.12 bits per heavy atom. The third-order valence-electron chi connectivity index (χ3n) is 3.52. The number of rotatable bonds is 5. The number of hydrogen-bond acceptors (Lipinski definition) is 7. The Hall–Kier alpha value is -3.04. The molecular formula is C17H15N3O5S. The van der Waals surface area contributed by atoms with Gasteiger partial charge in [0.2, 0.25) is 15.8 Å². The zero-order chi connectivity index (χ0) is 18.7. The monoisotopic (exact) mass is 373 g/mol. The molecule has 0 spiro atoms. The van der Waals surface area contributed by atoms with Crippen LogP contribution in [0.5, 0.6) is 0 Å². The Kier molecular flexibility index (Phi) is 4.83. The van der Waals surface area contributed by atoms with Gasteiger partial charge in [-0.3, -0.25) is 0 Å². The molecule has 0 radical (unpaired) electrons. The minimum atomic E-state index is -3.81. The highest BCUT2D eigenvalue weighted by atomic mass is 32.2. The van der Waals surface area contributed by atoms with Crippen molar-refractivity contribution >= 4 is 16.0 Å². The van der Waals surface area contributed by atoms with Crippen molar-refractivity contribution in [2.75, 3.05) is 0 Å². The molecule has 0 atom stereocenters. The van der Waals surface area contributed by atoms with Crippen molar-refractivity contribution in [2.45, 2.75) is 18.4 Å². The zero-order valence-corrected chi connectivity index (χ0v) is 14.6. The molecule has 9 heteroatoms. The quantitative estimate of drug-likeness (QED) is 0.678. The van der Waals surface area contributed by atoms with Gasteiger partial charge >= 0.3 is 5.97 Å². The van der Waals surface area contributed by atoms with Crippen molar-refractivity contribution in [3.63, 3.8) is 0 Å². The zero-order valence-electron chi connectivity index (χ0n) is 13.7. The van der Waals surface area contributed by atoms with Gasteiger partial charge in [-0.05, 0) is 43.3 Å². The largest absolute Gasteiger partial charge is 0.454 e. The Morgan fingerprint density at radius 2 is 1.77 bits per heavy atom. The van der Waals surface area contributed by atoms with Crippen LogP contribution < -0.4 is 5.14 Å². The minimum Gasteiger partial charge on any atom is -0.454 e. The first-order valence-electron chi connectivity index (χ1n) is 7.52. The molecule has 3 aromatic rings.